The molecule has 1 heterocycles. The number of nitrogens with one attached hydrogen (secondary N) is 1. The van der Waals surface area contributed by atoms with E-state index in [9.17, 15) is 24.6 Å². The maximum atomic E-state index is 12.5. The lowest BCUT2D eigenvalue weighted by atomic mass is 9.95. The van der Waals surface area contributed by atoms with Crippen molar-refractivity contribution in [2.24, 2.45) is 0 Å². The fourth-order valence-electron chi connectivity index (χ4n) is 3.09. The molecule has 27 heavy (non-hydrogen) atoms. The quantitative estimate of drug-likeness (QED) is 0.694. The molecule has 3 rings (SSSR count). The second kappa shape index (κ2) is 7.49. The zero-order chi connectivity index (χ0) is 19.6. The first-order valence-corrected chi connectivity index (χ1v) is 8.50. The van der Waals surface area contributed by atoms with E-state index in [2.05, 4.69) is 5.32 Å². The topological polar surface area (TPSA) is 113 Å². The summed E-state index contributed by atoms with van der Waals surface area (Å²) < 4.78 is 5.10. The maximum absolute atomic E-state index is 12.5. The average Bonchev–Trinajstić information content (AvgIpc) is 2.61. The van der Waals surface area contributed by atoms with E-state index in [1.807, 2.05) is 6.07 Å². The number of benzene rings is 2. The van der Waals surface area contributed by atoms with E-state index >= 15 is 0 Å². The molecule has 0 fully saturated rings. The number of ether oxygens (including phenoxy) is 1. The van der Waals surface area contributed by atoms with Gasteiger partial charge in [0.2, 0.25) is 0 Å². The van der Waals surface area contributed by atoms with Crippen LogP contribution in [0.5, 0.6) is 5.75 Å². The minimum absolute atomic E-state index is 0.0457. The molecule has 1 aliphatic rings. The second-order valence-corrected chi connectivity index (χ2v) is 6.47. The van der Waals surface area contributed by atoms with Crippen molar-refractivity contribution in [3.63, 3.8) is 0 Å². The van der Waals surface area contributed by atoms with E-state index in [0.717, 1.165) is 5.56 Å². The van der Waals surface area contributed by atoms with Gasteiger partial charge in [-0.05, 0) is 24.1 Å². The van der Waals surface area contributed by atoms with Crippen molar-refractivity contribution in [2.75, 3.05) is 0 Å². The van der Waals surface area contributed by atoms with Gasteiger partial charge in [0, 0.05) is 12.8 Å². The van der Waals surface area contributed by atoms with Crippen LogP contribution in [-0.2, 0) is 22.4 Å². The number of aromatic hydroxyl groups is 1. The maximum Gasteiger partial charge on any atom is 0.342 e. The molecule has 7 nitrogen and oxygen atoms in total. The summed E-state index contributed by atoms with van der Waals surface area (Å²) in [7, 11) is 0. The largest absolute Gasteiger partial charge is 0.506 e. The smallest absolute Gasteiger partial charge is 0.342 e. The van der Waals surface area contributed by atoms with Crippen molar-refractivity contribution >= 4 is 17.8 Å². The van der Waals surface area contributed by atoms with Gasteiger partial charge in [-0.2, -0.15) is 0 Å². The van der Waals surface area contributed by atoms with Crippen molar-refractivity contribution in [1.82, 2.24) is 5.32 Å². The molecule has 2 aromatic rings. The Hall–Kier alpha value is -3.35. The Balaban J connectivity index is 1.84. The van der Waals surface area contributed by atoms with Gasteiger partial charge >= 0.3 is 11.9 Å². The molecule has 0 aromatic heterocycles. The predicted molar refractivity (Wildman–Crippen MR) is 95.7 cm³/mol. The molecule has 0 saturated carbocycles. The molecule has 1 aliphatic heterocycles. The van der Waals surface area contributed by atoms with Crippen LogP contribution in [0.1, 0.15) is 38.8 Å². The highest BCUT2D eigenvalue weighted by molar-refractivity contribution is 6.04. The number of carboxylic acids is 1. The zero-order valence-corrected chi connectivity index (χ0v) is 14.6. The van der Waals surface area contributed by atoms with Gasteiger partial charge in [-0.1, -0.05) is 36.4 Å². The van der Waals surface area contributed by atoms with E-state index in [0.29, 0.717) is 12.0 Å². The number of phenolic OH excluding ortho intramolecular Hbond substituents is 1. The molecule has 0 spiro atoms. The molecule has 2 atom stereocenters. The van der Waals surface area contributed by atoms with Crippen LogP contribution < -0.4 is 5.32 Å². The third-order valence-electron chi connectivity index (χ3n) is 4.41. The van der Waals surface area contributed by atoms with Gasteiger partial charge in [0.1, 0.15) is 23.5 Å². The van der Waals surface area contributed by atoms with Gasteiger partial charge in [-0.15, -0.1) is 0 Å². The average molecular weight is 369 g/mol. The van der Waals surface area contributed by atoms with E-state index in [1.165, 1.54) is 6.07 Å². The summed E-state index contributed by atoms with van der Waals surface area (Å²) in [6.45, 7) is 1.74. The normalized spacial score (nSPS) is 16.8. The highest BCUT2D eigenvalue weighted by Gasteiger charge is 2.30. The predicted octanol–water partition coefficient (Wildman–Crippen LogP) is 1.92. The lowest BCUT2D eigenvalue weighted by Crippen LogP contribution is -2.42. The fourth-order valence-corrected chi connectivity index (χ4v) is 3.09. The van der Waals surface area contributed by atoms with Crippen molar-refractivity contribution in [1.29, 1.82) is 0 Å². The Labute approximate surface area is 155 Å². The number of carbonyl (C=O) groups is 3. The van der Waals surface area contributed by atoms with Gasteiger partial charge in [0.15, 0.2) is 0 Å². The van der Waals surface area contributed by atoms with Crippen molar-refractivity contribution in [2.45, 2.75) is 31.9 Å². The number of fused-ring (bicyclic) bond motifs is 1. The summed E-state index contributed by atoms with van der Waals surface area (Å²) in [5.41, 5.74) is 1.12. The summed E-state index contributed by atoms with van der Waals surface area (Å²) in [5.74, 6) is -3.16. The minimum atomic E-state index is -1.20. The van der Waals surface area contributed by atoms with E-state index in [1.54, 1.807) is 37.3 Å². The van der Waals surface area contributed by atoms with Gasteiger partial charge < -0.3 is 20.3 Å². The second-order valence-electron chi connectivity index (χ2n) is 6.47. The Morgan fingerprint density at radius 1 is 1.22 bits per heavy atom. The molecule has 1 amide bonds. The number of carboxylic acid groups (broad SMARTS) is 1. The van der Waals surface area contributed by atoms with Crippen LogP contribution in [0.4, 0.5) is 0 Å². The summed E-state index contributed by atoms with van der Waals surface area (Å²) in [4.78, 5) is 36.1. The molecule has 0 bridgehead atoms. The molecule has 7 heteroatoms. The lowest BCUT2D eigenvalue weighted by Gasteiger charge is -2.23. The molecule has 1 unspecified atom stereocenters. The number of cyclic esters (lactones) is 1. The summed E-state index contributed by atoms with van der Waals surface area (Å²) >= 11 is 0. The van der Waals surface area contributed by atoms with Gasteiger partial charge in [0.05, 0.1) is 5.56 Å². The number of amides is 1. The molecule has 140 valence electrons. The zero-order valence-electron chi connectivity index (χ0n) is 14.6. The monoisotopic (exact) mass is 369 g/mol. The summed E-state index contributed by atoms with van der Waals surface area (Å²) in [6.07, 6.45) is 0.210. The van der Waals surface area contributed by atoms with E-state index < -0.39 is 29.6 Å². The third kappa shape index (κ3) is 3.92. The standard InChI is InChI=1S/C20H19NO6/c1-11-9-13-7-8-14(17(22)16(13)20(26)27-11)18(23)21-15(19(24)25)10-12-5-3-2-4-6-12/h2-8,11,15,22H,9-10H2,1H3,(H,21,23)(H,24,25)/t11-,15?/m1/s1. The van der Waals surface area contributed by atoms with E-state index in [-0.39, 0.29) is 23.7 Å². The Morgan fingerprint density at radius 3 is 2.59 bits per heavy atom. The molecule has 0 aliphatic carbocycles. The van der Waals surface area contributed by atoms with E-state index in [4.69, 9.17) is 4.74 Å². The van der Waals surface area contributed by atoms with Crippen molar-refractivity contribution in [3.05, 3.63) is 64.7 Å². The molecule has 0 saturated heterocycles. The molecular formula is C20H19NO6. The first kappa shape index (κ1) is 18.4. The first-order valence-electron chi connectivity index (χ1n) is 8.50. The summed E-state index contributed by atoms with van der Waals surface area (Å²) in [5, 5.41) is 22.2. The van der Waals surface area contributed by atoms with Crippen LogP contribution in [0.3, 0.4) is 0 Å². The van der Waals surface area contributed by atoms with Crippen LogP contribution in [0, 0.1) is 0 Å². The van der Waals surface area contributed by atoms with Crippen LogP contribution in [0.15, 0.2) is 42.5 Å². The number of hydrogen-bond donors (Lipinski definition) is 3. The minimum Gasteiger partial charge on any atom is -0.506 e. The van der Waals surface area contributed by atoms with Crippen LogP contribution in [0.25, 0.3) is 0 Å². The fraction of sp³-hybridized carbons (Fsp3) is 0.250. The number of aliphatic carboxylic acids is 1. The highest BCUT2D eigenvalue weighted by Crippen LogP contribution is 2.31. The Bertz CT molecular complexity index is 893. The molecular weight excluding hydrogens is 350 g/mol. The van der Waals surface area contributed by atoms with Crippen LogP contribution in [-0.4, -0.2) is 40.2 Å². The lowest BCUT2D eigenvalue weighted by molar-refractivity contribution is -0.139. The van der Waals surface area contributed by atoms with Gasteiger partial charge in [0.25, 0.3) is 5.91 Å². The summed E-state index contributed by atoms with van der Waals surface area (Å²) in [6, 6.07) is 10.7. The van der Waals surface area contributed by atoms with Crippen molar-refractivity contribution < 1.29 is 29.3 Å². The van der Waals surface area contributed by atoms with Crippen molar-refractivity contribution in [3.8, 4) is 5.75 Å². The number of esters is 1. The number of carbonyl (C=O) groups excluding carboxylic acids is 2. The molecule has 0 radical (unpaired) electrons. The first-order chi connectivity index (χ1) is 12.9. The molecule has 3 N–H and O–H groups in total. The number of hydrogen-bond acceptors (Lipinski definition) is 5. The Morgan fingerprint density at radius 2 is 1.93 bits per heavy atom. The SMILES string of the molecule is C[C@@H]1Cc2ccc(C(=O)NC(Cc3ccccc3)C(=O)O)c(O)c2C(=O)O1. The number of phenols is 1. The Kier molecular flexibility index (Phi) is 5.12. The van der Waals surface area contributed by atoms with Gasteiger partial charge in [-0.25, -0.2) is 9.59 Å². The molecule has 2 aromatic carbocycles. The third-order valence-corrected chi connectivity index (χ3v) is 4.41. The van der Waals surface area contributed by atoms with Gasteiger partial charge in [-0.3, -0.25) is 4.79 Å². The number of rotatable bonds is 5. The van der Waals surface area contributed by atoms with Crippen LogP contribution >= 0.6 is 0 Å². The highest BCUT2D eigenvalue weighted by atomic mass is 16.5. The van der Waals surface area contributed by atoms with Crippen LogP contribution in [0.2, 0.25) is 0 Å².